The van der Waals surface area contributed by atoms with Crippen LogP contribution in [0, 0.1) is 0 Å². The molecule has 1 aromatic rings. The Morgan fingerprint density at radius 2 is 2.20 bits per heavy atom. The molecule has 20 heavy (non-hydrogen) atoms. The van der Waals surface area contributed by atoms with Gasteiger partial charge in [0, 0.05) is 6.61 Å². The van der Waals surface area contributed by atoms with Crippen LogP contribution in [0.15, 0.2) is 24.3 Å². The molecule has 0 amide bonds. The Kier molecular flexibility index (Phi) is 5.98. The van der Waals surface area contributed by atoms with Crippen molar-refractivity contribution in [1.82, 2.24) is 5.43 Å². The zero-order valence-corrected chi connectivity index (χ0v) is 12.5. The molecule has 3 unspecified atom stereocenters. The summed E-state index contributed by atoms with van der Waals surface area (Å²) in [6.07, 6.45) is 3.01. The van der Waals surface area contributed by atoms with E-state index in [0.29, 0.717) is 6.61 Å². The van der Waals surface area contributed by atoms with Crippen molar-refractivity contribution in [3.05, 3.63) is 35.4 Å². The van der Waals surface area contributed by atoms with Crippen LogP contribution in [0.3, 0.4) is 0 Å². The molecule has 1 aromatic carbocycles. The zero-order valence-electron chi connectivity index (χ0n) is 12.5. The van der Waals surface area contributed by atoms with E-state index in [0.717, 1.165) is 25.9 Å². The molecule has 4 nitrogen and oxygen atoms in total. The van der Waals surface area contributed by atoms with Gasteiger partial charge in [-0.15, -0.1) is 0 Å². The van der Waals surface area contributed by atoms with Gasteiger partial charge in [0.2, 0.25) is 0 Å². The Balaban J connectivity index is 2.08. The van der Waals surface area contributed by atoms with Crippen molar-refractivity contribution < 1.29 is 9.47 Å². The summed E-state index contributed by atoms with van der Waals surface area (Å²) < 4.78 is 11.7. The third kappa shape index (κ3) is 3.58. The van der Waals surface area contributed by atoms with Crippen molar-refractivity contribution in [2.45, 2.75) is 51.4 Å². The fourth-order valence-corrected chi connectivity index (χ4v) is 2.96. The van der Waals surface area contributed by atoms with Gasteiger partial charge in [0.15, 0.2) is 0 Å². The lowest BCUT2D eigenvalue weighted by molar-refractivity contribution is -0.0109. The molecule has 1 aliphatic rings. The standard InChI is InChI=1S/C16H26N2O2/c1-3-15(19-4-2)14(18-17)11-16-13-8-6-5-7-12(13)9-10-20-16/h5-8,14-16,18H,3-4,9-11,17H2,1-2H3. The smallest absolute Gasteiger partial charge is 0.0844 e. The molecule has 0 fully saturated rings. The first-order valence-electron chi connectivity index (χ1n) is 7.57. The first-order valence-corrected chi connectivity index (χ1v) is 7.57. The monoisotopic (exact) mass is 278 g/mol. The van der Waals surface area contributed by atoms with Crippen LogP contribution in [0.5, 0.6) is 0 Å². The molecule has 0 saturated carbocycles. The number of rotatable bonds is 7. The van der Waals surface area contributed by atoms with Crippen LogP contribution in [0.1, 0.15) is 43.9 Å². The van der Waals surface area contributed by atoms with Crippen molar-refractivity contribution >= 4 is 0 Å². The quantitative estimate of drug-likeness (QED) is 0.594. The number of nitrogens with two attached hydrogens (primary N) is 1. The van der Waals surface area contributed by atoms with Crippen molar-refractivity contribution in [2.75, 3.05) is 13.2 Å². The molecule has 0 bridgehead atoms. The lowest BCUT2D eigenvalue weighted by Gasteiger charge is -2.32. The van der Waals surface area contributed by atoms with E-state index in [2.05, 4.69) is 36.6 Å². The number of hydrazine groups is 1. The van der Waals surface area contributed by atoms with Gasteiger partial charge in [-0.25, -0.2) is 0 Å². The second-order valence-electron chi connectivity index (χ2n) is 5.22. The largest absolute Gasteiger partial charge is 0.377 e. The highest BCUT2D eigenvalue weighted by atomic mass is 16.5. The van der Waals surface area contributed by atoms with Crippen LogP contribution in [-0.2, 0) is 15.9 Å². The minimum atomic E-state index is 0.107. The number of benzene rings is 1. The lowest BCUT2D eigenvalue weighted by atomic mass is 9.92. The van der Waals surface area contributed by atoms with Crippen LogP contribution in [0.4, 0.5) is 0 Å². The molecule has 0 aliphatic carbocycles. The van der Waals surface area contributed by atoms with E-state index >= 15 is 0 Å². The fraction of sp³-hybridized carbons (Fsp3) is 0.625. The van der Waals surface area contributed by atoms with Gasteiger partial charge >= 0.3 is 0 Å². The fourth-order valence-electron chi connectivity index (χ4n) is 2.96. The summed E-state index contributed by atoms with van der Waals surface area (Å²) in [7, 11) is 0. The Morgan fingerprint density at radius 3 is 2.90 bits per heavy atom. The van der Waals surface area contributed by atoms with Gasteiger partial charge in [-0.2, -0.15) is 0 Å². The van der Waals surface area contributed by atoms with E-state index < -0.39 is 0 Å². The van der Waals surface area contributed by atoms with Crippen LogP contribution < -0.4 is 11.3 Å². The molecule has 1 aliphatic heterocycles. The van der Waals surface area contributed by atoms with Gasteiger partial charge in [0.25, 0.3) is 0 Å². The van der Waals surface area contributed by atoms with Crippen molar-refractivity contribution in [3.8, 4) is 0 Å². The Hall–Kier alpha value is -0.940. The molecule has 112 valence electrons. The summed E-state index contributed by atoms with van der Waals surface area (Å²) in [6.45, 7) is 5.63. The van der Waals surface area contributed by atoms with E-state index in [-0.39, 0.29) is 18.2 Å². The zero-order chi connectivity index (χ0) is 14.4. The summed E-state index contributed by atoms with van der Waals surface area (Å²) in [4.78, 5) is 0. The number of hydrogen-bond acceptors (Lipinski definition) is 4. The Bertz CT molecular complexity index is 411. The summed E-state index contributed by atoms with van der Waals surface area (Å²) in [6, 6.07) is 8.63. The Morgan fingerprint density at radius 1 is 1.40 bits per heavy atom. The van der Waals surface area contributed by atoms with Crippen LogP contribution >= 0.6 is 0 Å². The minimum absolute atomic E-state index is 0.107. The molecule has 4 heteroatoms. The minimum Gasteiger partial charge on any atom is -0.377 e. The highest BCUT2D eigenvalue weighted by molar-refractivity contribution is 5.31. The molecular formula is C16H26N2O2. The lowest BCUT2D eigenvalue weighted by Crippen LogP contribution is -2.46. The van der Waals surface area contributed by atoms with Crippen molar-refractivity contribution in [2.24, 2.45) is 5.84 Å². The van der Waals surface area contributed by atoms with E-state index in [9.17, 15) is 0 Å². The van der Waals surface area contributed by atoms with Crippen molar-refractivity contribution in [3.63, 3.8) is 0 Å². The van der Waals surface area contributed by atoms with E-state index in [1.165, 1.54) is 11.1 Å². The first-order chi connectivity index (χ1) is 9.80. The van der Waals surface area contributed by atoms with E-state index in [1.54, 1.807) is 0 Å². The maximum atomic E-state index is 5.96. The van der Waals surface area contributed by atoms with Gasteiger partial charge in [-0.3, -0.25) is 11.3 Å². The second-order valence-corrected chi connectivity index (χ2v) is 5.22. The van der Waals surface area contributed by atoms with Crippen LogP contribution in [0.25, 0.3) is 0 Å². The SMILES string of the molecule is CCOC(CC)C(CC1OCCc2ccccc21)NN. The number of fused-ring (bicyclic) bond motifs is 1. The van der Waals surface area contributed by atoms with Gasteiger partial charge in [-0.05, 0) is 37.3 Å². The summed E-state index contributed by atoms with van der Waals surface area (Å²) in [5, 5.41) is 0. The summed E-state index contributed by atoms with van der Waals surface area (Å²) in [5.41, 5.74) is 5.60. The van der Waals surface area contributed by atoms with Gasteiger partial charge in [-0.1, -0.05) is 31.2 Å². The third-order valence-electron chi connectivity index (χ3n) is 4.01. The highest BCUT2D eigenvalue weighted by Gasteiger charge is 2.27. The average Bonchev–Trinajstić information content (AvgIpc) is 2.50. The molecule has 3 N–H and O–H groups in total. The third-order valence-corrected chi connectivity index (χ3v) is 4.01. The van der Waals surface area contributed by atoms with E-state index in [1.807, 2.05) is 6.92 Å². The predicted octanol–water partition coefficient (Wildman–Crippen LogP) is 2.34. The molecule has 2 rings (SSSR count). The van der Waals surface area contributed by atoms with Gasteiger partial charge in [0.1, 0.15) is 0 Å². The van der Waals surface area contributed by atoms with Crippen LogP contribution in [-0.4, -0.2) is 25.4 Å². The highest BCUT2D eigenvalue weighted by Crippen LogP contribution is 2.31. The predicted molar refractivity (Wildman–Crippen MR) is 80.3 cm³/mol. The molecule has 0 spiro atoms. The normalized spacial score (nSPS) is 21.2. The Labute approximate surface area is 121 Å². The molecule has 0 saturated heterocycles. The molecule has 1 heterocycles. The molecular weight excluding hydrogens is 252 g/mol. The van der Waals surface area contributed by atoms with E-state index in [4.69, 9.17) is 15.3 Å². The first kappa shape index (κ1) is 15.4. The summed E-state index contributed by atoms with van der Waals surface area (Å²) in [5.74, 6) is 5.73. The van der Waals surface area contributed by atoms with Gasteiger partial charge in [0.05, 0.1) is 24.9 Å². The average molecular weight is 278 g/mol. The molecule has 3 atom stereocenters. The van der Waals surface area contributed by atoms with Crippen molar-refractivity contribution in [1.29, 1.82) is 0 Å². The number of hydrogen-bond donors (Lipinski definition) is 2. The number of ether oxygens (including phenoxy) is 2. The maximum absolute atomic E-state index is 5.96. The number of nitrogens with one attached hydrogen (secondary N) is 1. The topological polar surface area (TPSA) is 56.5 Å². The summed E-state index contributed by atoms with van der Waals surface area (Å²) >= 11 is 0. The molecule has 0 radical (unpaired) electrons. The molecule has 0 aromatic heterocycles. The second kappa shape index (κ2) is 7.74. The van der Waals surface area contributed by atoms with Crippen LogP contribution in [0.2, 0.25) is 0 Å². The van der Waals surface area contributed by atoms with Gasteiger partial charge < -0.3 is 9.47 Å². The maximum Gasteiger partial charge on any atom is 0.0844 e.